The van der Waals surface area contributed by atoms with Crippen molar-refractivity contribution in [2.24, 2.45) is 5.73 Å². The minimum absolute atomic E-state index is 0.107. The molecular formula is C9H12ClF2N3. The molecular weight excluding hydrogens is 224 g/mol. The first-order valence-electron chi connectivity index (χ1n) is 4.48. The van der Waals surface area contributed by atoms with Crippen molar-refractivity contribution >= 4 is 11.6 Å². The first-order valence-corrected chi connectivity index (χ1v) is 4.85. The van der Waals surface area contributed by atoms with E-state index < -0.39 is 12.3 Å². The number of aryl methyl sites for hydroxylation is 1. The summed E-state index contributed by atoms with van der Waals surface area (Å²) in [4.78, 5) is 0. The average Bonchev–Trinajstić information content (AvgIpc) is 2.11. The Hall–Kier alpha value is -0.810. The van der Waals surface area contributed by atoms with Crippen molar-refractivity contribution in [1.29, 1.82) is 0 Å². The van der Waals surface area contributed by atoms with E-state index in [4.69, 9.17) is 17.3 Å². The summed E-state index contributed by atoms with van der Waals surface area (Å²) >= 11 is 5.63. The molecule has 1 heterocycles. The molecule has 1 aromatic rings. The molecule has 0 saturated carbocycles. The van der Waals surface area contributed by atoms with Gasteiger partial charge in [0.05, 0.1) is 11.3 Å². The predicted molar refractivity (Wildman–Crippen MR) is 54.1 cm³/mol. The second-order valence-corrected chi connectivity index (χ2v) is 3.68. The molecule has 0 aromatic carbocycles. The molecule has 0 radical (unpaired) electrons. The summed E-state index contributed by atoms with van der Waals surface area (Å²) in [7, 11) is 0. The fourth-order valence-corrected chi connectivity index (χ4v) is 1.63. The summed E-state index contributed by atoms with van der Waals surface area (Å²) in [5, 5.41) is 6.90. The third kappa shape index (κ3) is 2.41. The lowest BCUT2D eigenvalue weighted by atomic mass is 10.0. The predicted octanol–water partition coefficient (Wildman–Crippen LogP) is 2.19. The van der Waals surface area contributed by atoms with Gasteiger partial charge in [0, 0.05) is 6.42 Å². The van der Waals surface area contributed by atoms with E-state index in [0.29, 0.717) is 11.3 Å². The average molecular weight is 236 g/mol. The molecule has 0 aliphatic rings. The number of rotatable bonds is 3. The maximum atomic E-state index is 13.6. The van der Waals surface area contributed by atoms with Crippen LogP contribution < -0.4 is 5.73 Å². The lowest BCUT2D eigenvalue weighted by Crippen LogP contribution is -2.21. The van der Waals surface area contributed by atoms with Crippen LogP contribution in [-0.2, 0) is 5.92 Å². The number of nitrogens with two attached hydrogens (primary N) is 1. The van der Waals surface area contributed by atoms with Crippen LogP contribution in [0.25, 0.3) is 0 Å². The van der Waals surface area contributed by atoms with Crippen molar-refractivity contribution in [3.05, 3.63) is 22.0 Å². The van der Waals surface area contributed by atoms with Gasteiger partial charge < -0.3 is 5.73 Å². The number of nitrogens with zero attached hydrogens (tertiary/aromatic N) is 2. The minimum Gasteiger partial charge on any atom is -0.330 e. The lowest BCUT2D eigenvalue weighted by Gasteiger charge is -2.19. The minimum atomic E-state index is -3.05. The SMILES string of the molecule is Cc1nnc(Cl)c(C(F)(F)CCN)c1C. The van der Waals surface area contributed by atoms with Crippen LogP contribution in [0.5, 0.6) is 0 Å². The molecule has 1 rings (SSSR count). The Bertz CT molecular complexity index is 369. The molecule has 0 unspecified atom stereocenters. The molecule has 0 aliphatic carbocycles. The van der Waals surface area contributed by atoms with Crippen LogP contribution in [-0.4, -0.2) is 16.7 Å². The summed E-state index contributed by atoms with van der Waals surface area (Å²) in [6.45, 7) is 3.06. The summed E-state index contributed by atoms with van der Waals surface area (Å²) < 4.78 is 27.3. The first-order chi connectivity index (χ1) is 6.90. The highest BCUT2D eigenvalue weighted by molar-refractivity contribution is 6.30. The largest absolute Gasteiger partial charge is 0.330 e. The Morgan fingerprint density at radius 2 is 1.93 bits per heavy atom. The van der Waals surface area contributed by atoms with Crippen LogP contribution in [0.3, 0.4) is 0 Å². The third-order valence-electron chi connectivity index (χ3n) is 2.24. The molecule has 3 nitrogen and oxygen atoms in total. The van der Waals surface area contributed by atoms with Gasteiger partial charge in [-0.3, -0.25) is 0 Å². The molecule has 0 fully saturated rings. The molecule has 0 atom stereocenters. The van der Waals surface area contributed by atoms with Gasteiger partial charge >= 0.3 is 0 Å². The molecule has 0 aliphatic heterocycles. The van der Waals surface area contributed by atoms with E-state index in [1.807, 2.05) is 0 Å². The Labute approximate surface area is 91.6 Å². The van der Waals surface area contributed by atoms with Gasteiger partial charge in [0.2, 0.25) is 0 Å². The fraction of sp³-hybridized carbons (Fsp3) is 0.556. The van der Waals surface area contributed by atoms with Crippen molar-refractivity contribution in [3.8, 4) is 0 Å². The van der Waals surface area contributed by atoms with E-state index in [2.05, 4.69) is 10.2 Å². The summed E-state index contributed by atoms with van der Waals surface area (Å²) in [6, 6.07) is 0. The van der Waals surface area contributed by atoms with Crippen molar-refractivity contribution in [2.45, 2.75) is 26.2 Å². The molecule has 0 amide bonds. The van der Waals surface area contributed by atoms with E-state index in [-0.39, 0.29) is 17.3 Å². The second-order valence-electron chi connectivity index (χ2n) is 3.32. The highest BCUT2D eigenvalue weighted by atomic mass is 35.5. The van der Waals surface area contributed by atoms with Crippen molar-refractivity contribution < 1.29 is 8.78 Å². The number of hydrogen-bond acceptors (Lipinski definition) is 3. The fourth-order valence-electron chi connectivity index (χ4n) is 1.31. The Morgan fingerprint density at radius 1 is 1.33 bits per heavy atom. The molecule has 0 spiro atoms. The van der Waals surface area contributed by atoms with E-state index in [1.165, 1.54) is 0 Å². The normalized spacial score (nSPS) is 11.9. The second kappa shape index (κ2) is 4.37. The van der Waals surface area contributed by atoms with Crippen LogP contribution in [0.15, 0.2) is 0 Å². The Balaban J connectivity index is 3.29. The summed E-state index contributed by atoms with van der Waals surface area (Å²) in [5.74, 6) is -3.05. The van der Waals surface area contributed by atoms with Crippen molar-refractivity contribution in [3.63, 3.8) is 0 Å². The number of aromatic nitrogens is 2. The van der Waals surface area contributed by atoms with Crippen LogP contribution in [0.2, 0.25) is 5.15 Å². The maximum absolute atomic E-state index is 13.6. The molecule has 0 saturated heterocycles. The molecule has 0 bridgehead atoms. The van der Waals surface area contributed by atoms with Crippen LogP contribution >= 0.6 is 11.6 Å². The first kappa shape index (κ1) is 12.3. The van der Waals surface area contributed by atoms with Gasteiger partial charge in [0.25, 0.3) is 5.92 Å². The van der Waals surface area contributed by atoms with E-state index in [9.17, 15) is 8.78 Å². The number of halogens is 3. The van der Waals surface area contributed by atoms with Gasteiger partial charge in [-0.25, -0.2) is 8.78 Å². The molecule has 15 heavy (non-hydrogen) atoms. The molecule has 6 heteroatoms. The van der Waals surface area contributed by atoms with Crippen LogP contribution in [0.1, 0.15) is 23.2 Å². The highest BCUT2D eigenvalue weighted by Gasteiger charge is 2.36. The lowest BCUT2D eigenvalue weighted by molar-refractivity contribution is -0.0117. The van der Waals surface area contributed by atoms with Crippen LogP contribution in [0.4, 0.5) is 8.78 Å². The standard InChI is InChI=1S/C9H12ClF2N3/c1-5-6(2)14-15-8(10)7(5)9(11,12)3-4-13/h3-4,13H2,1-2H3. The van der Waals surface area contributed by atoms with Crippen molar-refractivity contribution in [1.82, 2.24) is 10.2 Å². The monoisotopic (exact) mass is 235 g/mol. The topological polar surface area (TPSA) is 51.8 Å². The van der Waals surface area contributed by atoms with Gasteiger partial charge in [0.15, 0.2) is 5.15 Å². The van der Waals surface area contributed by atoms with Crippen LogP contribution in [0, 0.1) is 13.8 Å². The molecule has 84 valence electrons. The summed E-state index contributed by atoms with van der Waals surface area (Å²) in [6.07, 6.45) is -0.446. The maximum Gasteiger partial charge on any atom is 0.277 e. The van der Waals surface area contributed by atoms with Gasteiger partial charge in [-0.2, -0.15) is 5.10 Å². The van der Waals surface area contributed by atoms with Crippen molar-refractivity contribution in [2.75, 3.05) is 6.54 Å². The number of hydrogen-bond donors (Lipinski definition) is 1. The van der Waals surface area contributed by atoms with E-state index in [1.54, 1.807) is 13.8 Å². The highest BCUT2D eigenvalue weighted by Crippen LogP contribution is 2.37. The summed E-state index contributed by atoms with van der Waals surface area (Å²) in [5.41, 5.74) is 5.69. The van der Waals surface area contributed by atoms with Gasteiger partial charge in [-0.05, 0) is 26.0 Å². The smallest absolute Gasteiger partial charge is 0.277 e. The van der Waals surface area contributed by atoms with E-state index >= 15 is 0 Å². The van der Waals surface area contributed by atoms with Gasteiger partial charge in [0.1, 0.15) is 0 Å². The molecule has 2 N–H and O–H groups in total. The van der Waals surface area contributed by atoms with Gasteiger partial charge in [-0.15, -0.1) is 5.10 Å². The Morgan fingerprint density at radius 3 is 2.47 bits per heavy atom. The zero-order chi connectivity index (χ0) is 11.6. The zero-order valence-corrected chi connectivity index (χ0v) is 9.28. The van der Waals surface area contributed by atoms with E-state index in [0.717, 1.165) is 0 Å². The quantitative estimate of drug-likeness (QED) is 0.874. The molecule has 1 aromatic heterocycles. The zero-order valence-electron chi connectivity index (χ0n) is 8.52. The van der Waals surface area contributed by atoms with Gasteiger partial charge in [-0.1, -0.05) is 11.6 Å². The number of alkyl halides is 2. The Kier molecular flexibility index (Phi) is 3.57. The third-order valence-corrected chi connectivity index (χ3v) is 2.50.